The normalized spacial score (nSPS) is 21.1. The maximum Gasteiger partial charge on any atom is 0.387 e. The molecule has 2 saturated heterocycles. The van der Waals surface area contributed by atoms with Crippen molar-refractivity contribution in [1.29, 1.82) is 0 Å². The van der Waals surface area contributed by atoms with Gasteiger partial charge in [-0.1, -0.05) is 48.9 Å². The van der Waals surface area contributed by atoms with Gasteiger partial charge in [0.05, 0.1) is 11.5 Å². The minimum absolute atomic E-state index is 0.0511. The second kappa shape index (κ2) is 12.1. The van der Waals surface area contributed by atoms with Gasteiger partial charge in [-0.3, -0.25) is 14.5 Å². The van der Waals surface area contributed by atoms with Crippen molar-refractivity contribution < 1.29 is 23.1 Å². The summed E-state index contributed by atoms with van der Waals surface area (Å²) in [5.41, 5.74) is 1.36. The number of nitrogens with zero attached hydrogens (tertiary/aromatic N) is 2. The fourth-order valence-electron chi connectivity index (χ4n) is 5.07. The van der Waals surface area contributed by atoms with Crippen LogP contribution in [0, 0.1) is 5.92 Å². The Morgan fingerprint density at radius 3 is 2.54 bits per heavy atom. The van der Waals surface area contributed by atoms with Gasteiger partial charge in [0.25, 0.3) is 5.91 Å². The van der Waals surface area contributed by atoms with E-state index in [1.54, 1.807) is 17.0 Å². The van der Waals surface area contributed by atoms with Crippen LogP contribution in [0.25, 0.3) is 0 Å². The molecule has 35 heavy (non-hydrogen) atoms. The van der Waals surface area contributed by atoms with Gasteiger partial charge in [0.1, 0.15) is 5.75 Å². The van der Waals surface area contributed by atoms with E-state index in [-0.39, 0.29) is 41.6 Å². The second-order valence-corrected chi connectivity index (χ2v) is 9.32. The van der Waals surface area contributed by atoms with Gasteiger partial charge >= 0.3 is 6.61 Å². The Bertz CT molecular complexity index is 989. The van der Waals surface area contributed by atoms with E-state index in [1.807, 2.05) is 18.2 Å². The molecule has 2 fully saturated rings. The van der Waals surface area contributed by atoms with E-state index in [0.717, 1.165) is 32.4 Å². The average Bonchev–Trinajstić information content (AvgIpc) is 2.88. The zero-order chi connectivity index (χ0) is 24.6. The number of carbonyl (C=O) groups is 2. The summed E-state index contributed by atoms with van der Waals surface area (Å²) in [6.07, 6.45) is 4.74. The number of para-hydroxylation sites is 1. The van der Waals surface area contributed by atoms with Crippen LogP contribution in [0.4, 0.5) is 8.78 Å². The van der Waals surface area contributed by atoms with Crippen molar-refractivity contribution >= 4 is 11.8 Å². The second-order valence-electron chi connectivity index (χ2n) is 9.32. The molecule has 188 valence electrons. The fraction of sp³-hybridized carbons (Fsp3) is 0.481. The molecule has 2 amide bonds. The smallest absolute Gasteiger partial charge is 0.387 e. The molecule has 2 aliphatic heterocycles. The molecule has 6 nitrogen and oxygen atoms in total. The first-order chi connectivity index (χ1) is 17.0. The summed E-state index contributed by atoms with van der Waals surface area (Å²) < 4.78 is 30.0. The lowest BCUT2D eigenvalue weighted by molar-refractivity contribution is -0.126. The molecule has 2 aliphatic rings. The highest BCUT2D eigenvalue weighted by atomic mass is 19.3. The minimum Gasteiger partial charge on any atom is -0.434 e. The maximum atomic E-state index is 13.1. The van der Waals surface area contributed by atoms with Gasteiger partial charge in [-0.15, -0.1) is 0 Å². The van der Waals surface area contributed by atoms with Crippen LogP contribution in [0.1, 0.15) is 48.0 Å². The largest absolute Gasteiger partial charge is 0.434 e. The molecule has 0 saturated carbocycles. The number of piperidine rings is 2. The number of hydrogen-bond acceptors (Lipinski definition) is 4. The summed E-state index contributed by atoms with van der Waals surface area (Å²) >= 11 is 0. The van der Waals surface area contributed by atoms with Gasteiger partial charge in [0.15, 0.2) is 0 Å². The van der Waals surface area contributed by atoms with Crippen molar-refractivity contribution in [1.82, 2.24) is 15.1 Å². The van der Waals surface area contributed by atoms with Crippen LogP contribution < -0.4 is 10.1 Å². The molecular formula is C27H33F2N3O3. The number of nitrogens with one attached hydrogen (secondary N) is 1. The minimum atomic E-state index is -3.01. The van der Waals surface area contributed by atoms with Gasteiger partial charge in [0.2, 0.25) is 5.91 Å². The number of halogens is 2. The molecule has 0 bridgehead atoms. The lowest BCUT2D eigenvalue weighted by Gasteiger charge is -2.37. The highest BCUT2D eigenvalue weighted by molar-refractivity contribution is 5.97. The summed E-state index contributed by atoms with van der Waals surface area (Å²) in [7, 11) is 0. The standard InChI is InChI=1S/C27H33F2N3O3/c28-27(29)35-24-14-5-4-13-23(24)26(34)32-16-8-11-21(19-32)25(33)30-17-22-12-6-7-15-31(22)18-20-9-2-1-3-10-20/h1-5,9-10,13-14,21-22,27H,6-8,11-12,15-19H2,(H,30,33). The molecule has 2 heterocycles. The molecule has 8 heteroatoms. The number of alkyl halides is 2. The number of rotatable bonds is 8. The van der Waals surface area contributed by atoms with Gasteiger partial charge < -0.3 is 15.0 Å². The quantitative estimate of drug-likeness (QED) is 0.605. The highest BCUT2D eigenvalue weighted by Crippen LogP contribution is 2.25. The molecule has 2 atom stereocenters. The van der Waals surface area contributed by atoms with E-state index < -0.39 is 6.61 Å². The number of likely N-dealkylation sites (tertiary alicyclic amines) is 2. The molecular weight excluding hydrogens is 452 g/mol. The lowest BCUT2D eigenvalue weighted by atomic mass is 9.95. The molecule has 2 unspecified atom stereocenters. The summed E-state index contributed by atoms with van der Waals surface area (Å²) in [5, 5.41) is 3.13. The van der Waals surface area contributed by atoms with E-state index in [4.69, 9.17) is 0 Å². The zero-order valence-electron chi connectivity index (χ0n) is 19.9. The van der Waals surface area contributed by atoms with Crippen LogP contribution in [0.5, 0.6) is 5.75 Å². The lowest BCUT2D eigenvalue weighted by Crippen LogP contribution is -2.50. The fourth-order valence-corrected chi connectivity index (χ4v) is 5.07. The first-order valence-electron chi connectivity index (χ1n) is 12.4. The van der Waals surface area contributed by atoms with Crippen LogP contribution in [0.3, 0.4) is 0 Å². The van der Waals surface area contributed by atoms with Crippen molar-refractivity contribution in [3.05, 3.63) is 65.7 Å². The number of benzene rings is 2. The Labute approximate surface area is 205 Å². The molecule has 0 spiro atoms. The number of amides is 2. The molecule has 2 aromatic rings. The van der Waals surface area contributed by atoms with Gasteiger partial charge in [-0.05, 0) is 49.9 Å². The molecule has 2 aromatic carbocycles. The number of carbonyl (C=O) groups excluding carboxylic acids is 2. The van der Waals surface area contributed by atoms with Crippen LogP contribution in [-0.2, 0) is 11.3 Å². The summed E-state index contributed by atoms with van der Waals surface area (Å²) in [5.74, 6) is -0.901. The van der Waals surface area contributed by atoms with Gasteiger partial charge in [-0.2, -0.15) is 8.78 Å². The Morgan fingerprint density at radius 1 is 0.971 bits per heavy atom. The van der Waals surface area contributed by atoms with Crippen LogP contribution >= 0.6 is 0 Å². The first kappa shape index (κ1) is 25.1. The predicted octanol–water partition coefficient (Wildman–Crippen LogP) is 4.31. The average molecular weight is 486 g/mol. The topological polar surface area (TPSA) is 61.9 Å². The third kappa shape index (κ3) is 6.78. The van der Waals surface area contributed by atoms with E-state index in [0.29, 0.717) is 25.9 Å². The third-order valence-corrected chi connectivity index (χ3v) is 6.90. The monoisotopic (exact) mass is 485 g/mol. The Kier molecular flexibility index (Phi) is 8.69. The van der Waals surface area contributed by atoms with Crippen molar-refractivity contribution in [3.8, 4) is 5.75 Å². The summed E-state index contributed by atoms with van der Waals surface area (Å²) in [4.78, 5) is 30.1. The predicted molar refractivity (Wildman–Crippen MR) is 129 cm³/mol. The van der Waals surface area contributed by atoms with Crippen molar-refractivity contribution in [2.24, 2.45) is 5.92 Å². The number of ether oxygens (including phenoxy) is 1. The Balaban J connectivity index is 1.33. The Morgan fingerprint density at radius 2 is 1.74 bits per heavy atom. The van der Waals surface area contributed by atoms with Crippen molar-refractivity contribution in [2.45, 2.75) is 51.3 Å². The molecule has 4 rings (SSSR count). The molecule has 1 N–H and O–H groups in total. The molecule has 0 radical (unpaired) electrons. The summed E-state index contributed by atoms with van der Waals surface area (Å²) in [6, 6.07) is 16.7. The third-order valence-electron chi connectivity index (χ3n) is 6.90. The van der Waals surface area contributed by atoms with E-state index in [2.05, 4.69) is 27.1 Å². The summed E-state index contributed by atoms with van der Waals surface area (Å²) in [6.45, 7) is 0.214. The van der Waals surface area contributed by atoms with Crippen LogP contribution in [-0.4, -0.2) is 60.4 Å². The molecule has 0 aromatic heterocycles. The van der Waals surface area contributed by atoms with Crippen LogP contribution in [0.2, 0.25) is 0 Å². The van der Waals surface area contributed by atoms with E-state index in [9.17, 15) is 18.4 Å². The maximum absolute atomic E-state index is 13.1. The SMILES string of the molecule is O=C(NCC1CCCCN1Cc1ccccc1)C1CCCN(C(=O)c2ccccc2OC(F)F)C1. The van der Waals surface area contributed by atoms with Crippen molar-refractivity contribution in [3.63, 3.8) is 0 Å². The first-order valence-corrected chi connectivity index (χ1v) is 12.4. The van der Waals surface area contributed by atoms with E-state index >= 15 is 0 Å². The number of hydrogen-bond donors (Lipinski definition) is 1. The molecule has 0 aliphatic carbocycles. The van der Waals surface area contributed by atoms with Gasteiger partial charge in [0, 0.05) is 32.2 Å². The Hall–Kier alpha value is -3.00. The van der Waals surface area contributed by atoms with Crippen LogP contribution in [0.15, 0.2) is 54.6 Å². The van der Waals surface area contributed by atoms with Crippen molar-refractivity contribution in [2.75, 3.05) is 26.2 Å². The zero-order valence-corrected chi connectivity index (χ0v) is 19.9. The van der Waals surface area contributed by atoms with E-state index in [1.165, 1.54) is 17.7 Å². The van der Waals surface area contributed by atoms with Gasteiger partial charge in [-0.25, -0.2) is 0 Å². The highest BCUT2D eigenvalue weighted by Gasteiger charge is 2.31.